The van der Waals surface area contributed by atoms with Gasteiger partial charge in [-0.15, -0.1) is 0 Å². The summed E-state index contributed by atoms with van der Waals surface area (Å²) in [7, 11) is 0. The monoisotopic (exact) mass is 211 g/mol. The Labute approximate surface area is 87.6 Å². The van der Waals surface area contributed by atoms with E-state index < -0.39 is 11.7 Å². The van der Waals surface area contributed by atoms with Gasteiger partial charge in [0.1, 0.15) is 11.4 Å². The van der Waals surface area contributed by atoms with Gasteiger partial charge < -0.3 is 15.6 Å². The highest BCUT2D eigenvalue weighted by Crippen LogP contribution is 2.22. The van der Waals surface area contributed by atoms with E-state index in [4.69, 9.17) is 5.73 Å². The summed E-state index contributed by atoms with van der Waals surface area (Å²) < 4.78 is 14.9. The highest BCUT2D eigenvalue weighted by atomic mass is 19.1. The van der Waals surface area contributed by atoms with Crippen LogP contribution in [0, 0.1) is 5.82 Å². The second-order valence-corrected chi connectivity index (χ2v) is 3.42. The van der Waals surface area contributed by atoms with Crippen LogP contribution in [0.4, 0.5) is 10.2 Å². The first kappa shape index (κ1) is 11.3. The van der Waals surface area contributed by atoms with Gasteiger partial charge >= 0.3 is 0 Å². The molecule has 0 spiro atoms. The number of nitrogens with zero attached hydrogens (tertiary/aromatic N) is 1. The molecule has 0 unspecified atom stereocenters. The Kier molecular flexibility index (Phi) is 3.14. The number of halogens is 1. The predicted octanol–water partition coefficient (Wildman–Crippen LogP) is 1.66. The van der Waals surface area contributed by atoms with Crippen LogP contribution in [0.2, 0.25) is 0 Å². The van der Waals surface area contributed by atoms with Gasteiger partial charge in [-0.25, -0.2) is 4.39 Å². The maximum atomic E-state index is 13.4. The second-order valence-electron chi connectivity index (χ2n) is 3.42. The Morgan fingerprint density at radius 3 is 2.73 bits per heavy atom. The third-order valence-corrected chi connectivity index (χ3v) is 2.04. The summed E-state index contributed by atoms with van der Waals surface area (Å²) in [6, 6.07) is 0.00443. The van der Waals surface area contributed by atoms with Crippen LogP contribution in [-0.4, -0.2) is 10.5 Å². The molecule has 0 aromatic carbocycles. The van der Waals surface area contributed by atoms with Gasteiger partial charge in [0, 0.05) is 12.2 Å². The number of amides is 1. The van der Waals surface area contributed by atoms with Crippen LogP contribution in [0.1, 0.15) is 30.2 Å². The average molecular weight is 211 g/mol. The van der Waals surface area contributed by atoms with Crippen LogP contribution in [0.5, 0.6) is 0 Å². The van der Waals surface area contributed by atoms with Crippen LogP contribution in [-0.2, 0) is 0 Å². The third-order valence-electron chi connectivity index (χ3n) is 2.04. The molecule has 1 amide bonds. The summed E-state index contributed by atoms with van der Waals surface area (Å²) >= 11 is 0. The van der Waals surface area contributed by atoms with Gasteiger partial charge in [0.05, 0.1) is 0 Å². The van der Waals surface area contributed by atoms with E-state index in [2.05, 4.69) is 11.9 Å². The van der Waals surface area contributed by atoms with E-state index in [1.165, 1.54) is 17.0 Å². The molecule has 0 saturated carbocycles. The van der Waals surface area contributed by atoms with Crippen molar-refractivity contribution in [1.82, 2.24) is 9.88 Å². The van der Waals surface area contributed by atoms with Crippen molar-refractivity contribution < 1.29 is 9.18 Å². The smallest absolute Gasteiger partial charge is 0.261 e. The van der Waals surface area contributed by atoms with Crippen molar-refractivity contribution in [3.8, 4) is 0 Å². The van der Waals surface area contributed by atoms with Gasteiger partial charge in [-0.1, -0.05) is 6.58 Å². The van der Waals surface area contributed by atoms with Crippen molar-refractivity contribution in [3.05, 3.63) is 30.4 Å². The lowest BCUT2D eigenvalue weighted by atomic mass is 10.3. The van der Waals surface area contributed by atoms with Gasteiger partial charge in [0.15, 0.2) is 5.82 Å². The summed E-state index contributed by atoms with van der Waals surface area (Å²) in [5.41, 5.74) is 5.53. The molecule has 0 atom stereocenters. The van der Waals surface area contributed by atoms with Crippen molar-refractivity contribution in [1.29, 1.82) is 0 Å². The Morgan fingerprint density at radius 2 is 2.33 bits per heavy atom. The maximum Gasteiger partial charge on any atom is 0.261 e. The van der Waals surface area contributed by atoms with Crippen molar-refractivity contribution in [2.45, 2.75) is 19.9 Å². The van der Waals surface area contributed by atoms with Crippen LogP contribution < -0.4 is 11.1 Å². The summed E-state index contributed by atoms with van der Waals surface area (Å²) in [5.74, 6) is -1.08. The molecule has 1 aromatic rings. The van der Waals surface area contributed by atoms with E-state index >= 15 is 0 Å². The van der Waals surface area contributed by atoms with Gasteiger partial charge in [0.25, 0.3) is 5.91 Å². The van der Waals surface area contributed by atoms with Crippen molar-refractivity contribution in [2.75, 3.05) is 5.73 Å². The van der Waals surface area contributed by atoms with Gasteiger partial charge in [-0.3, -0.25) is 4.79 Å². The number of hydrogen-bond acceptors (Lipinski definition) is 2. The molecule has 1 rings (SSSR count). The number of aromatic nitrogens is 1. The fourth-order valence-electron chi connectivity index (χ4n) is 1.32. The quantitative estimate of drug-likeness (QED) is 0.798. The summed E-state index contributed by atoms with van der Waals surface area (Å²) in [4.78, 5) is 11.4. The normalized spacial score (nSPS) is 10.4. The molecule has 3 N–H and O–H groups in total. The molecule has 15 heavy (non-hydrogen) atoms. The van der Waals surface area contributed by atoms with E-state index in [9.17, 15) is 9.18 Å². The molecule has 0 aliphatic carbocycles. The first-order valence-electron chi connectivity index (χ1n) is 4.56. The van der Waals surface area contributed by atoms with Crippen molar-refractivity contribution >= 4 is 11.7 Å². The zero-order valence-electron chi connectivity index (χ0n) is 8.75. The number of nitrogen functional groups attached to an aromatic ring is 1. The second kappa shape index (κ2) is 4.16. The highest BCUT2D eigenvalue weighted by molar-refractivity contribution is 5.99. The summed E-state index contributed by atoms with van der Waals surface area (Å²) in [6.45, 7) is 7.03. The van der Waals surface area contributed by atoms with E-state index in [0.717, 1.165) is 0 Å². The largest absolute Gasteiger partial charge is 0.384 e. The van der Waals surface area contributed by atoms with Gasteiger partial charge in [0.2, 0.25) is 0 Å². The Morgan fingerprint density at radius 1 is 1.73 bits per heavy atom. The van der Waals surface area contributed by atoms with Crippen LogP contribution in [0.25, 0.3) is 0 Å². The number of anilines is 1. The van der Waals surface area contributed by atoms with Crippen LogP contribution >= 0.6 is 0 Å². The lowest BCUT2D eigenvalue weighted by molar-refractivity contribution is 0.0967. The van der Waals surface area contributed by atoms with Crippen LogP contribution in [0.15, 0.2) is 19.0 Å². The lowest BCUT2D eigenvalue weighted by Crippen LogP contribution is -2.19. The minimum atomic E-state index is -0.624. The molecule has 0 radical (unpaired) electrons. The molecule has 82 valence electrons. The number of nitrogens with one attached hydrogen (secondary N) is 1. The fraction of sp³-hybridized carbons (Fsp3) is 0.300. The number of carbonyl (C=O) groups excluding carboxylic acids is 1. The predicted molar refractivity (Wildman–Crippen MR) is 56.9 cm³/mol. The highest BCUT2D eigenvalue weighted by Gasteiger charge is 2.20. The van der Waals surface area contributed by atoms with Crippen LogP contribution in [0.3, 0.4) is 0 Å². The average Bonchev–Trinajstić information content (AvgIpc) is 2.42. The Hall–Kier alpha value is -1.78. The molecule has 4 nitrogen and oxygen atoms in total. The van der Waals surface area contributed by atoms with E-state index in [1.54, 1.807) is 0 Å². The standard InChI is InChI=1S/C10H14FN3O/c1-4-13-10(15)8-7(11)5-14(6(2)3)9(8)12/h4-6H,1,12H2,2-3H3,(H,13,15). The minimum absolute atomic E-state index is 0.00443. The van der Waals surface area contributed by atoms with Crippen molar-refractivity contribution in [3.63, 3.8) is 0 Å². The topological polar surface area (TPSA) is 60.0 Å². The van der Waals surface area contributed by atoms with Crippen molar-refractivity contribution in [2.24, 2.45) is 0 Å². The summed E-state index contributed by atoms with van der Waals surface area (Å²) in [6.07, 6.45) is 2.41. The van der Waals surface area contributed by atoms with Gasteiger partial charge in [-0.05, 0) is 20.0 Å². The van der Waals surface area contributed by atoms with E-state index in [-0.39, 0.29) is 17.4 Å². The van der Waals surface area contributed by atoms with E-state index in [1.807, 2.05) is 13.8 Å². The zero-order chi connectivity index (χ0) is 11.6. The number of hydrogen-bond donors (Lipinski definition) is 2. The maximum absolute atomic E-state index is 13.4. The molecular weight excluding hydrogens is 197 g/mol. The summed E-state index contributed by atoms with van der Waals surface area (Å²) in [5, 5.41) is 2.29. The molecule has 0 fully saturated rings. The number of carbonyl (C=O) groups is 1. The Balaban J connectivity index is 3.18. The number of rotatable bonds is 3. The Bertz CT molecular complexity index is 396. The molecule has 0 saturated heterocycles. The molecule has 1 heterocycles. The van der Waals surface area contributed by atoms with Gasteiger partial charge in [-0.2, -0.15) is 0 Å². The third kappa shape index (κ3) is 2.01. The molecule has 0 aliphatic rings. The first-order valence-corrected chi connectivity index (χ1v) is 4.56. The SMILES string of the molecule is C=CNC(=O)c1c(F)cn(C(C)C)c1N. The fourth-order valence-corrected chi connectivity index (χ4v) is 1.32. The molecule has 5 heteroatoms. The molecule has 0 aliphatic heterocycles. The molecular formula is C10H14FN3O. The van der Waals surface area contributed by atoms with E-state index in [0.29, 0.717) is 0 Å². The first-order chi connectivity index (χ1) is 6.99. The lowest BCUT2D eigenvalue weighted by Gasteiger charge is -2.09. The minimum Gasteiger partial charge on any atom is -0.384 e. The molecule has 1 aromatic heterocycles. The molecule has 0 bridgehead atoms. The zero-order valence-corrected chi connectivity index (χ0v) is 8.75. The number of nitrogens with two attached hydrogens (primary N) is 1.